The van der Waals surface area contributed by atoms with Crippen molar-refractivity contribution in [1.29, 1.82) is 0 Å². The van der Waals surface area contributed by atoms with Crippen LogP contribution in [0.1, 0.15) is 55.2 Å². The summed E-state index contributed by atoms with van der Waals surface area (Å²) in [6.07, 6.45) is 9.75. The summed E-state index contributed by atoms with van der Waals surface area (Å²) in [4.78, 5) is 0. The van der Waals surface area contributed by atoms with Gasteiger partial charge in [0.05, 0.1) is 0 Å². The Bertz CT molecular complexity index is 368. The molecule has 1 N–H and O–H groups in total. The highest BCUT2D eigenvalue weighted by atomic mass is 14.9. The first-order chi connectivity index (χ1) is 9.22. The van der Waals surface area contributed by atoms with Gasteiger partial charge in [-0.1, -0.05) is 43.9 Å². The van der Waals surface area contributed by atoms with Gasteiger partial charge < -0.3 is 5.32 Å². The van der Waals surface area contributed by atoms with E-state index in [1.165, 1.54) is 56.1 Å². The van der Waals surface area contributed by atoms with Crippen molar-refractivity contribution in [2.75, 3.05) is 7.05 Å². The van der Waals surface area contributed by atoms with Crippen molar-refractivity contribution in [3.05, 3.63) is 34.9 Å². The zero-order chi connectivity index (χ0) is 13.7. The van der Waals surface area contributed by atoms with E-state index in [9.17, 15) is 0 Å². The van der Waals surface area contributed by atoms with Gasteiger partial charge in [0.1, 0.15) is 0 Å². The molecule has 106 valence electrons. The Hall–Kier alpha value is -0.820. The van der Waals surface area contributed by atoms with E-state index in [4.69, 9.17) is 0 Å². The van der Waals surface area contributed by atoms with Gasteiger partial charge >= 0.3 is 0 Å². The Labute approximate surface area is 118 Å². The van der Waals surface area contributed by atoms with Crippen molar-refractivity contribution >= 4 is 0 Å². The lowest BCUT2D eigenvalue weighted by molar-refractivity contribution is 0.332. The fourth-order valence-corrected chi connectivity index (χ4v) is 3.61. The van der Waals surface area contributed by atoms with Gasteiger partial charge in [-0.3, -0.25) is 0 Å². The molecule has 0 aromatic heterocycles. The summed E-state index contributed by atoms with van der Waals surface area (Å²) in [7, 11) is 2.14. The highest BCUT2D eigenvalue weighted by Crippen LogP contribution is 2.28. The topological polar surface area (TPSA) is 12.0 Å². The average Bonchev–Trinajstić information content (AvgIpc) is 2.67. The molecular weight excluding hydrogens is 230 g/mol. The maximum absolute atomic E-state index is 3.60. The van der Waals surface area contributed by atoms with E-state index in [0.29, 0.717) is 6.04 Å². The fourth-order valence-electron chi connectivity index (χ4n) is 3.61. The molecule has 0 bridgehead atoms. The molecule has 1 unspecified atom stereocenters. The van der Waals surface area contributed by atoms with Crippen LogP contribution in [0.15, 0.2) is 18.2 Å². The zero-order valence-electron chi connectivity index (χ0n) is 12.8. The Morgan fingerprint density at radius 3 is 2.16 bits per heavy atom. The Morgan fingerprint density at radius 2 is 1.63 bits per heavy atom. The third-order valence-corrected chi connectivity index (χ3v) is 4.91. The van der Waals surface area contributed by atoms with Crippen LogP contribution in [-0.4, -0.2) is 13.1 Å². The first-order valence-electron chi connectivity index (χ1n) is 7.94. The predicted molar refractivity (Wildman–Crippen MR) is 83.7 cm³/mol. The normalized spacial score (nSPS) is 19.1. The molecule has 1 aliphatic rings. The molecule has 1 aromatic rings. The Kier molecular flexibility index (Phi) is 5.45. The highest BCUT2D eigenvalue weighted by Gasteiger charge is 2.22. The number of aryl methyl sites for hydroxylation is 2. The number of benzene rings is 1. The van der Waals surface area contributed by atoms with Gasteiger partial charge in [0.2, 0.25) is 0 Å². The van der Waals surface area contributed by atoms with E-state index in [1.54, 1.807) is 5.56 Å². The van der Waals surface area contributed by atoms with E-state index in [0.717, 1.165) is 5.92 Å². The quantitative estimate of drug-likeness (QED) is 0.790. The molecular formula is C18H29N. The molecule has 1 atom stereocenters. The average molecular weight is 259 g/mol. The van der Waals surface area contributed by atoms with E-state index < -0.39 is 0 Å². The summed E-state index contributed by atoms with van der Waals surface area (Å²) in [5, 5.41) is 3.60. The van der Waals surface area contributed by atoms with Crippen LogP contribution < -0.4 is 5.32 Å². The number of nitrogens with one attached hydrogen (secondary N) is 1. The van der Waals surface area contributed by atoms with E-state index in [1.807, 2.05) is 0 Å². The van der Waals surface area contributed by atoms with Crippen LogP contribution >= 0.6 is 0 Å². The molecule has 1 aliphatic carbocycles. The van der Waals surface area contributed by atoms with Gasteiger partial charge in [0, 0.05) is 6.04 Å². The van der Waals surface area contributed by atoms with Crippen molar-refractivity contribution in [1.82, 2.24) is 5.32 Å². The molecule has 2 rings (SSSR count). The summed E-state index contributed by atoms with van der Waals surface area (Å²) in [5.41, 5.74) is 4.47. The SMILES string of the molecule is CNC(Cc1c(C)cccc1C)C1CCCCCC1. The third kappa shape index (κ3) is 3.82. The Morgan fingerprint density at radius 1 is 1.05 bits per heavy atom. The molecule has 0 aliphatic heterocycles. The van der Waals surface area contributed by atoms with E-state index >= 15 is 0 Å². The number of rotatable bonds is 4. The molecule has 1 nitrogen and oxygen atoms in total. The van der Waals surface area contributed by atoms with Crippen molar-refractivity contribution in [3.63, 3.8) is 0 Å². The second-order valence-electron chi connectivity index (χ2n) is 6.22. The maximum atomic E-state index is 3.60. The second-order valence-corrected chi connectivity index (χ2v) is 6.22. The molecule has 1 heteroatoms. The molecule has 1 aromatic carbocycles. The minimum atomic E-state index is 0.651. The lowest BCUT2D eigenvalue weighted by atomic mass is 9.85. The van der Waals surface area contributed by atoms with Crippen LogP contribution in [0.4, 0.5) is 0 Å². The minimum Gasteiger partial charge on any atom is -0.316 e. The summed E-state index contributed by atoms with van der Waals surface area (Å²) in [5.74, 6) is 0.867. The number of hydrogen-bond donors (Lipinski definition) is 1. The maximum Gasteiger partial charge on any atom is 0.0133 e. The first-order valence-corrected chi connectivity index (χ1v) is 7.94. The lowest BCUT2D eigenvalue weighted by Crippen LogP contribution is -2.35. The molecule has 1 fully saturated rings. The standard InChI is InChI=1S/C18H29N/c1-14-9-8-10-15(2)17(14)13-18(19-3)16-11-6-4-5-7-12-16/h8-10,16,18-19H,4-7,11-13H2,1-3H3. The lowest BCUT2D eigenvalue weighted by Gasteiger charge is -2.27. The monoisotopic (exact) mass is 259 g/mol. The number of likely N-dealkylation sites (N-methyl/N-ethyl adjacent to an activating group) is 1. The van der Waals surface area contributed by atoms with Crippen molar-refractivity contribution in [2.45, 2.75) is 64.8 Å². The van der Waals surface area contributed by atoms with Gasteiger partial charge in [0.15, 0.2) is 0 Å². The fraction of sp³-hybridized carbons (Fsp3) is 0.667. The van der Waals surface area contributed by atoms with Gasteiger partial charge in [-0.05, 0) is 62.8 Å². The number of hydrogen-bond acceptors (Lipinski definition) is 1. The third-order valence-electron chi connectivity index (χ3n) is 4.91. The molecule has 0 amide bonds. The highest BCUT2D eigenvalue weighted by molar-refractivity contribution is 5.34. The van der Waals surface area contributed by atoms with E-state index in [2.05, 4.69) is 44.4 Å². The van der Waals surface area contributed by atoms with Crippen molar-refractivity contribution in [3.8, 4) is 0 Å². The van der Waals surface area contributed by atoms with Gasteiger partial charge in [-0.25, -0.2) is 0 Å². The molecule has 19 heavy (non-hydrogen) atoms. The summed E-state index contributed by atoms with van der Waals surface area (Å²) in [6, 6.07) is 7.33. The smallest absolute Gasteiger partial charge is 0.0133 e. The molecule has 0 saturated heterocycles. The van der Waals surface area contributed by atoms with Gasteiger partial charge in [-0.15, -0.1) is 0 Å². The van der Waals surface area contributed by atoms with Gasteiger partial charge in [-0.2, -0.15) is 0 Å². The van der Waals surface area contributed by atoms with Gasteiger partial charge in [0.25, 0.3) is 0 Å². The summed E-state index contributed by atoms with van der Waals surface area (Å²) < 4.78 is 0. The van der Waals surface area contributed by atoms with E-state index in [-0.39, 0.29) is 0 Å². The van der Waals surface area contributed by atoms with Crippen LogP contribution in [0.3, 0.4) is 0 Å². The van der Waals surface area contributed by atoms with Crippen molar-refractivity contribution < 1.29 is 0 Å². The second kappa shape index (κ2) is 7.09. The van der Waals surface area contributed by atoms with Crippen LogP contribution in [0.5, 0.6) is 0 Å². The van der Waals surface area contributed by atoms with Crippen LogP contribution in [0, 0.1) is 19.8 Å². The van der Waals surface area contributed by atoms with Crippen LogP contribution in [-0.2, 0) is 6.42 Å². The molecule has 0 spiro atoms. The molecule has 0 radical (unpaired) electrons. The minimum absolute atomic E-state index is 0.651. The van der Waals surface area contributed by atoms with Crippen LogP contribution in [0.25, 0.3) is 0 Å². The Balaban J connectivity index is 2.09. The summed E-state index contributed by atoms with van der Waals surface area (Å²) >= 11 is 0. The largest absolute Gasteiger partial charge is 0.316 e. The molecule has 0 heterocycles. The molecule has 1 saturated carbocycles. The predicted octanol–water partition coefficient (Wildman–Crippen LogP) is 4.40. The van der Waals surface area contributed by atoms with Crippen molar-refractivity contribution in [2.24, 2.45) is 5.92 Å². The zero-order valence-corrected chi connectivity index (χ0v) is 12.8. The summed E-state index contributed by atoms with van der Waals surface area (Å²) in [6.45, 7) is 4.50. The first kappa shape index (κ1) is 14.6. The van der Waals surface area contributed by atoms with Crippen LogP contribution in [0.2, 0.25) is 0 Å².